The first-order chi connectivity index (χ1) is 12.0. The maximum Gasteiger partial charge on any atom is 0.242 e. The van der Waals surface area contributed by atoms with Gasteiger partial charge in [-0.2, -0.15) is 17.0 Å². The Balaban J connectivity index is 1.73. The fraction of sp³-hybridized carbons (Fsp3) is 0.526. The van der Waals surface area contributed by atoms with Crippen molar-refractivity contribution in [3.05, 3.63) is 35.4 Å². The highest BCUT2D eigenvalue weighted by Crippen LogP contribution is 2.20. The molecule has 1 saturated heterocycles. The highest BCUT2D eigenvalue weighted by Gasteiger charge is 2.34. The van der Waals surface area contributed by atoms with Crippen LogP contribution >= 0.6 is 11.8 Å². The highest BCUT2D eigenvalue weighted by molar-refractivity contribution is 7.98. The van der Waals surface area contributed by atoms with Crippen molar-refractivity contribution < 1.29 is 9.59 Å². The Kier molecular flexibility index (Phi) is 7.32. The van der Waals surface area contributed by atoms with E-state index in [1.54, 1.807) is 16.7 Å². The van der Waals surface area contributed by atoms with Crippen LogP contribution in [0, 0.1) is 17.2 Å². The van der Waals surface area contributed by atoms with Crippen LogP contribution in [-0.2, 0) is 15.3 Å². The van der Waals surface area contributed by atoms with Crippen molar-refractivity contribution in [1.29, 1.82) is 5.26 Å². The second-order valence-electron chi connectivity index (χ2n) is 6.46. The third kappa shape index (κ3) is 5.23. The predicted molar refractivity (Wildman–Crippen MR) is 99.9 cm³/mol. The van der Waals surface area contributed by atoms with Gasteiger partial charge in [-0.15, -0.1) is 0 Å². The zero-order chi connectivity index (χ0) is 18.2. The van der Waals surface area contributed by atoms with Crippen LogP contribution in [0.15, 0.2) is 24.3 Å². The van der Waals surface area contributed by atoms with Gasteiger partial charge in [0.1, 0.15) is 6.04 Å². The summed E-state index contributed by atoms with van der Waals surface area (Å²) in [4.78, 5) is 26.2. The molecule has 0 bridgehead atoms. The molecule has 5 nitrogen and oxygen atoms in total. The summed E-state index contributed by atoms with van der Waals surface area (Å²) in [7, 11) is 0. The number of likely N-dealkylation sites (tertiary alicyclic amines) is 1. The number of thioether (sulfide) groups is 1. The normalized spacial score (nSPS) is 16.7. The molecule has 25 heavy (non-hydrogen) atoms. The molecule has 0 saturated carbocycles. The van der Waals surface area contributed by atoms with Crippen LogP contribution in [0.1, 0.15) is 37.8 Å². The van der Waals surface area contributed by atoms with E-state index in [9.17, 15) is 9.59 Å². The Morgan fingerprint density at radius 1 is 1.40 bits per heavy atom. The van der Waals surface area contributed by atoms with E-state index in [0.29, 0.717) is 18.7 Å². The van der Waals surface area contributed by atoms with Crippen LogP contribution in [0.2, 0.25) is 0 Å². The summed E-state index contributed by atoms with van der Waals surface area (Å²) in [5.74, 6) is 1.45. The fourth-order valence-corrected chi connectivity index (χ4v) is 3.80. The number of hydrogen-bond acceptors (Lipinski definition) is 4. The zero-order valence-corrected chi connectivity index (χ0v) is 15.6. The number of hydrogen-bond donors (Lipinski definition) is 1. The first-order valence-electron chi connectivity index (χ1n) is 8.68. The maximum absolute atomic E-state index is 12.4. The predicted octanol–water partition coefficient (Wildman–Crippen LogP) is 2.55. The van der Waals surface area contributed by atoms with Crippen molar-refractivity contribution in [2.24, 2.45) is 5.92 Å². The molecule has 1 aromatic rings. The van der Waals surface area contributed by atoms with Gasteiger partial charge in [0.2, 0.25) is 11.8 Å². The quantitative estimate of drug-likeness (QED) is 0.760. The van der Waals surface area contributed by atoms with Gasteiger partial charge in [-0.25, -0.2) is 0 Å². The number of amides is 2. The standard InChI is InChI=1S/C19H25N3O2S/c1-14(2)19(24)22-10-5-8-17(22)18(23)21-9-11-25-13-16-7-4-3-6-15(16)12-20/h3-4,6-7,14,17H,5,8-11,13H2,1-2H3,(H,21,23)/t17-/m0/s1. The van der Waals surface area contributed by atoms with Crippen molar-refractivity contribution in [2.45, 2.75) is 38.5 Å². The summed E-state index contributed by atoms with van der Waals surface area (Å²) in [5.41, 5.74) is 1.72. The molecule has 0 aliphatic carbocycles. The Labute approximate surface area is 153 Å². The van der Waals surface area contributed by atoms with E-state index >= 15 is 0 Å². The molecule has 134 valence electrons. The van der Waals surface area contributed by atoms with Gasteiger partial charge in [0.25, 0.3) is 0 Å². The van der Waals surface area contributed by atoms with E-state index in [-0.39, 0.29) is 23.8 Å². The molecule has 0 aromatic heterocycles. The molecule has 2 rings (SSSR count). The molecular weight excluding hydrogens is 334 g/mol. The van der Waals surface area contributed by atoms with E-state index in [1.165, 1.54) is 0 Å². The number of rotatable bonds is 7. The summed E-state index contributed by atoms with van der Waals surface area (Å²) in [5, 5.41) is 12.0. The molecule has 1 aromatic carbocycles. The number of nitrogens with zero attached hydrogens (tertiary/aromatic N) is 2. The lowest BCUT2D eigenvalue weighted by molar-refractivity contribution is -0.140. The highest BCUT2D eigenvalue weighted by atomic mass is 32.2. The SMILES string of the molecule is CC(C)C(=O)N1CCC[C@H]1C(=O)NCCSCc1ccccc1C#N. The average molecular weight is 359 g/mol. The Morgan fingerprint density at radius 3 is 2.88 bits per heavy atom. The van der Waals surface area contributed by atoms with E-state index < -0.39 is 0 Å². The van der Waals surface area contributed by atoms with Gasteiger partial charge >= 0.3 is 0 Å². The lowest BCUT2D eigenvalue weighted by Crippen LogP contribution is -2.47. The van der Waals surface area contributed by atoms with E-state index in [1.807, 2.05) is 38.1 Å². The molecule has 1 aliphatic rings. The van der Waals surface area contributed by atoms with Gasteiger partial charge in [0, 0.05) is 30.5 Å². The number of nitrogens with one attached hydrogen (secondary N) is 1. The summed E-state index contributed by atoms with van der Waals surface area (Å²) in [6.45, 7) is 4.98. The molecule has 0 radical (unpaired) electrons. The summed E-state index contributed by atoms with van der Waals surface area (Å²) < 4.78 is 0. The Hall–Kier alpha value is -2.00. The second kappa shape index (κ2) is 9.47. The van der Waals surface area contributed by atoms with Gasteiger partial charge in [0.15, 0.2) is 0 Å². The molecular formula is C19H25N3O2S. The van der Waals surface area contributed by atoms with Crippen molar-refractivity contribution >= 4 is 23.6 Å². The molecule has 1 aliphatic heterocycles. The minimum absolute atomic E-state index is 0.0514. The zero-order valence-electron chi connectivity index (χ0n) is 14.8. The molecule has 2 amide bonds. The van der Waals surface area contributed by atoms with Gasteiger partial charge < -0.3 is 10.2 Å². The average Bonchev–Trinajstić information content (AvgIpc) is 3.10. The third-order valence-electron chi connectivity index (χ3n) is 4.27. The lowest BCUT2D eigenvalue weighted by Gasteiger charge is -2.25. The second-order valence-corrected chi connectivity index (χ2v) is 7.56. The molecule has 1 heterocycles. The van der Waals surface area contributed by atoms with Crippen molar-refractivity contribution in [3.63, 3.8) is 0 Å². The number of carbonyl (C=O) groups is 2. The van der Waals surface area contributed by atoms with Crippen molar-refractivity contribution in [1.82, 2.24) is 10.2 Å². The third-order valence-corrected chi connectivity index (χ3v) is 5.28. The van der Waals surface area contributed by atoms with Crippen LogP contribution in [0.25, 0.3) is 0 Å². The van der Waals surface area contributed by atoms with E-state index in [0.717, 1.165) is 29.9 Å². The minimum atomic E-state index is -0.320. The molecule has 0 unspecified atom stereocenters. The van der Waals surface area contributed by atoms with E-state index in [4.69, 9.17) is 5.26 Å². The fourth-order valence-electron chi connectivity index (χ4n) is 2.94. The largest absolute Gasteiger partial charge is 0.353 e. The monoisotopic (exact) mass is 359 g/mol. The van der Waals surface area contributed by atoms with Crippen LogP contribution < -0.4 is 5.32 Å². The first-order valence-corrected chi connectivity index (χ1v) is 9.84. The van der Waals surface area contributed by atoms with Gasteiger partial charge in [0.05, 0.1) is 11.6 Å². The number of nitriles is 1. The van der Waals surface area contributed by atoms with Crippen LogP contribution in [0.4, 0.5) is 0 Å². The summed E-state index contributed by atoms with van der Waals surface area (Å²) in [6.07, 6.45) is 1.63. The van der Waals surface area contributed by atoms with Crippen LogP contribution in [-0.4, -0.2) is 41.6 Å². The van der Waals surface area contributed by atoms with Crippen LogP contribution in [0.3, 0.4) is 0 Å². The van der Waals surface area contributed by atoms with E-state index in [2.05, 4.69) is 11.4 Å². The van der Waals surface area contributed by atoms with Gasteiger partial charge in [-0.3, -0.25) is 9.59 Å². The lowest BCUT2D eigenvalue weighted by atomic mass is 10.1. The molecule has 1 fully saturated rings. The van der Waals surface area contributed by atoms with Crippen molar-refractivity contribution in [2.75, 3.05) is 18.8 Å². The Morgan fingerprint density at radius 2 is 2.16 bits per heavy atom. The summed E-state index contributed by atoms with van der Waals surface area (Å²) >= 11 is 1.69. The first kappa shape index (κ1) is 19.3. The topological polar surface area (TPSA) is 73.2 Å². The maximum atomic E-state index is 12.4. The molecule has 6 heteroatoms. The Bertz CT molecular complexity index is 654. The molecule has 1 N–H and O–H groups in total. The van der Waals surface area contributed by atoms with Crippen molar-refractivity contribution in [3.8, 4) is 6.07 Å². The number of carbonyl (C=O) groups excluding carboxylic acids is 2. The molecule has 1 atom stereocenters. The minimum Gasteiger partial charge on any atom is -0.353 e. The molecule has 0 spiro atoms. The van der Waals surface area contributed by atoms with Gasteiger partial charge in [-0.1, -0.05) is 32.0 Å². The van der Waals surface area contributed by atoms with Crippen LogP contribution in [0.5, 0.6) is 0 Å². The van der Waals surface area contributed by atoms with Gasteiger partial charge in [-0.05, 0) is 24.5 Å². The summed E-state index contributed by atoms with van der Waals surface area (Å²) in [6, 6.07) is 9.44. The number of benzene rings is 1. The smallest absolute Gasteiger partial charge is 0.242 e.